The van der Waals surface area contributed by atoms with Crippen molar-refractivity contribution in [2.75, 3.05) is 20.0 Å². The molecule has 0 amide bonds. The molecule has 1 aliphatic rings. The van der Waals surface area contributed by atoms with Gasteiger partial charge in [0.05, 0.1) is 25.0 Å². The summed E-state index contributed by atoms with van der Waals surface area (Å²) in [4.78, 5) is 11.8. The minimum atomic E-state index is -3.78. The quantitative estimate of drug-likeness (QED) is 0.824. The molecule has 22 heavy (non-hydrogen) atoms. The lowest BCUT2D eigenvalue weighted by atomic mass is 10.0. The Morgan fingerprint density at radius 1 is 1.32 bits per heavy atom. The minimum absolute atomic E-state index is 0.0404. The van der Waals surface area contributed by atoms with Crippen LogP contribution in [-0.2, 0) is 19.4 Å². The van der Waals surface area contributed by atoms with Crippen LogP contribution in [0.3, 0.4) is 0 Å². The minimum Gasteiger partial charge on any atom is -0.497 e. The van der Waals surface area contributed by atoms with Crippen molar-refractivity contribution in [1.29, 1.82) is 0 Å². The first-order chi connectivity index (χ1) is 10.3. The van der Waals surface area contributed by atoms with Crippen LogP contribution in [-0.4, -0.2) is 38.6 Å². The maximum atomic E-state index is 12.8. The number of nitrogens with two attached hydrogens (primary N) is 1. The van der Waals surface area contributed by atoms with Crippen molar-refractivity contribution in [2.45, 2.75) is 21.9 Å². The first-order valence-electron chi connectivity index (χ1n) is 6.73. The maximum absolute atomic E-state index is 12.8. The summed E-state index contributed by atoms with van der Waals surface area (Å²) in [6, 6.07) is 6.07. The predicted molar refractivity (Wildman–Crippen MR) is 84.3 cm³/mol. The first-order valence-corrected chi connectivity index (χ1v) is 9.20. The van der Waals surface area contributed by atoms with E-state index in [9.17, 15) is 13.2 Å². The first kappa shape index (κ1) is 17.1. The second kappa shape index (κ2) is 6.47. The molecule has 0 spiro atoms. The van der Waals surface area contributed by atoms with E-state index in [0.29, 0.717) is 17.9 Å². The smallest absolute Gasteiger partial charge is 0.308 e. The number of carbonyl (C=O) groups is 1. The summed E-state index contributed by atoms with van der Waals surface area (Å²) in [5.74, 6) is 0.143. The van der Waals surface area contributed by atoms with E-state index < -0.39 is 25.9 Å². The SMILES string of the molecule is COC(=O)C1CCSC(N)(S(=O)(=O)c2ccc(OC)cc2)C1. The average molecular weight is 345 g/mol. The number of thioether (sulfide) groups is 1. The molecule has 2 N–H and O–H groups in total. The molecule has 1 fully saturated rings. The molecule has 1 saturated heterocycles. The molecule has 2 rings (SSSR count). The number of esters is 1. The molecule has 0 saturated carbocycles. The third-order valence-corrected chi connectivity index (χ3v) is 7.78. The lowest BCUT2D eigenvalue weighted by molar-refractivity contribution is -0.145. The highest BCUT2D eigenvalue weighted by molar-refractivity contribution is 8.14. The van der Waals surface area contributed by atoms with Gasteiger partial charge in [0.1, 0.15) is 5.75 Å². The molecule has 0 aliphatic carbocycles. The van der Waals surface area contributed by atoms with Crippen LogP contribution in [0.1, 0.15) is 12.8 Å². The Labute approximate surface area is 134 Å². The lowest BCUT2D eigenvalue weighted by Crippen LogP contribution is -2.49. The van der Waals surface area contributed by atoms with Gasteiger partial charge in [0.2, 0.25) is 9.84 Å². The van der Waals surface area contributed by atoms with Crippen molar-refractivity contribution in [2.24, 2.45) is 11.7 Å². The van der Waals surface area contributed by atoms with Crippen molar-refractivity contribution < 1.29 is 22.7 Å². The van der Waals surface area contributed by atoms with E-state index in [0.717, 1.165) is 11.8 Å². The molecular formula is C14H19NO5S2. The number of carbonyl (C=O) groups excluding carboxylic acids is 1. The Balaban J connectivity index is 2.31. The van der Waals surface area contributed by atoms with Crippen molar-refractivity contribution >= 4 is 27.6 Å². The van der Waals surface area contributed by atoms with E-state index in [1.165, 1.54) is 26.4 Å². The number of hydrogen-bond donors (Lipinski definition) is 1. The van der Waals surface area contributed by atoms with E-state index in [1.54, 1.807) is 12.1 Å². The van der Waals surface area contributed by atoms with Crippen molar-refractivity contribution in [1.82, 2.24) is 0 Å². The zero-order chi connectivity index (χ0) is 16.4. The van der Waals surface area contributed by atoms with Gasteiger partial charge in [0.15, 0.2) is 4.20 Å². The van der Waals surface area contributed by atoms with Crippen LogP contribution in [0.15, 0.2) is 29.2 Å². The van der Waals surface area contributed by atoms with Gasteiger partial charge in [0.25, 0.3) is 0 Å². The van der Waals surface area contributed by atoms with Crippen LogP contribution in [0, 0.1) is 5.92 Å². The van der Waals surface area contributed by atoms with Crippen LogP contribution in [0.25, 0.3) is 0 Å². The zero-order valence-corrected chi connectivity index (χ0v) is 14.1. The molecule has 1 aromatic carbocycles. The molecule has 1 heterocycles. The third-order valence-electron chi connectivity index (χ3n) is 3.70. The largest absolute Gasteiger partial charge is 0.497 e. The van der Waals surface area contributed by atoms with Crippen LogP contribution in [0.4, 0.5) is 0 Å². The Bertz CT molecular complexity index is 644. The van der Waals surface area contributed by atoms with Gasteiger partial charge in [-0.05, 0) is 36.4 Å². The van der Waals surface area contributed by atoms with E-state index >= 15 is 0 Å². The van der Waals surface area contributed by atoms with Gasteiger partial charge < -0.3 is 15.2 Å². The molecule has 0 radical (unpaired) electrons. The predicted octanol–water partition coefficient (Wildman–Crippen LogP) is 1.40. The molecule has 2 unspecified atom stereocenters. The summed E-state index contributed by atoms with van der Waals surface area (Å²) in [6.07, 6.45) is 0.604. The number of rotatable bonds is 4. The normalized spacial score (nSPS) is 25.5. The molecule has 1 aromatic rings. The zero-order valence-electron chi connectivity index (χ0n) is 12.4. The topological polar surface area (TPSA) is 95.7 Å². The van der Waals surface area contributed by atoms with Gasteiger partial charge in [-0.3, -0.25) is 4.79 Å². The van der Waals surface area contributed by atoms with Gasteiger partial charge in [-0.15, -0.1) is 11.8 Å². The standard InChI is InChI=1S/C14H19NO5S2/c1-19-11-3-5-12(6-4-11)22(17,18)14(15)9-10(7-8-21-14)13(16)20-2/h3-6,10H,7-9,15H2,1-2H3. The summed E-state index contributed by atoms with van der Waals surface area (Å²) in [5.41, 5.74) is 6.16. The molecule has 1 aliphatic heterocycles. The summed E-state index contributed by atoms with van der Waals surface area (Å²) in [6.45, 7) is 0. The Morgan fingerprint density at radius 2 is 1.95 bits per heavy atom. The second-order valence-electron chi connectivity index (χ2n) is 5.05. The van der Waals surface area contributed by atoms with Crippen LogP contribution < -0.4 is 10.5 Å². The second-order valence-corrected chi connectivity index (χ2v) is 8.94. The van der Waals surface area contributed by atoms with Crippen LogP contribution in [0.2, 0.25) is 0 Å². The van der Waals surface area contributed by atoms with Gasteiger partial charge in [-0.25, -0.2) is 8.42 Å². The molecule has 122 valence electrons. The maximum Gasteiger partial charge on any atom is 0.308 e. The van der Waals surface area contributed by atoms with E-state index in [-0.39, 0.29) is 11.3 Å². The molecular weight excluding hydrogens is 326 g/mol. The molecule has 0 bridgehead atoms. The van der Waals surface area contributed by atoms with Gasteiger partial charge in [-0.2, -0.15) is 0 Å². The van der Waals surface area contributed by atoms with Gasteiger partial charge >= 0.3 is 5.97 Å². The summed E-state index contributed by atoms with van der Waals surface area (Å²) < 4.78 is 33.9. The Morgan fingerprint density at radius 3 is 2.50 bits per heavy atom. The fraction of sp³-hybridized carbons (Fsp3) is 0.500. The fourth-order valence-electron chi connectivity index (χ4n) is 2.39. The van der Waals surface area contributed by atoms with Gasteiger partial charge in [-0.1, -0.05) is 0 Å². The summed E-state index contributed by atoms with van der Waals surface area (Å²) >= 11 is 1.16. The third kappa shape index (κ3) is 3.09. The van der Waals surface area contributed by atoms with E-state index in [1.807, 2.05) is 0 Å². The number of methoxy groups -OCH3 is 2. The molecule has 0 aromatic heterocycles. The van der Waals surface area contributed by atoms with Crippen molar-refractivity contribution in [3.05, 3.63) is 24.3 Å². The number of ether oxygens (including phenoxy) is 2. The lowest BCUT2D eigenvalue weighted by Gasteiger charge is -2.35. The highest BCUT2D eigenvalue weighted by Crippen LogP contribution is 2.42. The van der Waals surface area contributed by atoms with E-state index in [2.05, 4.69) is 0 Å². The van der Waals surface area contributed by atoms with Crippen molar-refractivity contribution in [3.63, 3.8) is 0 Å². The monoisotopic (exact) mass is 345 g/mol. The molecule has 2 atom stereocenters. The summed E-state index contributed by atoms with van der Waals surface area (Å²) in [7, 11) is -0.986. The summed E-state index contributed by atoms with van der Waals surface area (Å²) in [5, 5.41) is 0. The van der Waals surface area contributed by atoms with Gasteiger partial charge in [0, 0.05) is 6.42 Å². The fourth-order valence-corrected chi connectivity index (χ4v) is 5.93. The molecule has 8 heteroatoms. The average Bonchev–Trinajstić information content (AvgIpc) is 2.54. The Kier molecular flexibility index (Phi) is 5.03. The number of hydrogen-bond acceptors (Lipinski definition) is 7. The van der Waals surface area contributed by atoms with Crippen LogP contribution in [0.5, 0.6) is 5.75 Å². The van der Waals surface area contributed by atoms with E-state index in [4.69, 9.17) is 15.2 Å². The number of benzene rings is 1. The van der Waals surface area contributed by atoms with Crippen LogP contribution >= 0.6 is 11.8 Å². The highest BCUT2D eigenvalue weighted by Gasteiger charge is 2.47. The Hall–Kier alpha value is -1.25. The highest BCUT2D eigenvalue weighted by atomic mass is 32.3. The van der Waals surface area contributed by atoms with Crippen molar-refractivity contribution in [3.8, 4) is 5.75 Å². The number of sulfone groups is 1. The molecule has 6 nitrogen and oxygen atoms in total.